The molecule has 0 radical (unpaired) electrons. The van der Waals surface area contributed by atoms with Gasteiger partial charge in [0.25, 0.3) is 0 Å². The maximum Gasteiger partial charge on any atom is 0.185 e. The van der Waals surface area contributed by atoms with E-state index in [9.17, 15) is 12.8 Å². The van der Waals surface area contributed by atoms with E-state index in [1.54, 1.807) is 18.2 Å². The van der Waals surface area contributed by atoms with Crippen LogP contribution in [0.5, 0.6) is 0 Å². The van der Waals surface area contributed by atoms with Crippen LogP contribution in [-0.2, 0) is 15.6 Å². The lowest BCUT2D eigenvalue weighted by Crippen LogP contribution is -2.06. The van der Waals surface area contributed by atoms with Gasteiger partial charge in [0, 0.05) is 5.69 Å². The number of anilines is 1. The van der Waals surface area contributed by atoms with Crippen LogP contribution in [0.3, 0.4) is 0 Å². The van der Waals surface area contributed by atoms with Crippen molar-refractivity contribution in [3.8, 4) is 0 Å². The molecule has 1 aromatic heterocycles. The highest BCUT2D eigenvalue weighted by Crippen LogP contribution is 2.19. The zero-order valence-corrected chi connectivity index (χ0v) is 11.7. The summed E-state index contributed by atoms with van der Waals surface area (Å²) in [4.78, 5) is 7.21. The predicted octanol–water partition coefficient (Wildman–Crippen LogP) is 2.26. The van der Waals surface area contributed by atoms with Gasteiger partial charge in [0.2, 0.25) is 0 Å². The minimum absolute atomic E-state index is 0.0591. The van der Waals surface area contributed by atoms with Crippen LogP contribution in [0.25, 0.3) is 11.0 Å². The van der Waals surface area contributed by atoms with E-state index in [4.69, 9.17) is 5.73 Å². The Morgan fingerprint density at radius 3 is 2.57 bits per heavy atom. The van der Waals surface area contributed by atoms with E-state index in [1.165, 1.54) is 12.1 Å². The highest BCUT2D eigenvalue weighted by Gasteiger charge is 2.17. The highest BCUT2D eigenvalue weighted by atomic mass is 32.2. The summed E-state index contributed by atoms with van der Waals surface area (Å²) in [6.45, 7) is 0. The third-order valence-electron chi connectivity index (χ3n) is 3.05. The van der Waals surface area contributed by atoms with E-state index >= 15 is 0 Å². The van der Waals surface area contributed by atoms with E-state index < -0.39 is 15.7 Å². The number of benzene rings is 2. The first-order chi connectivity index (χ1) is 9.94. The van der Waals surface area contributed by atoms with Crippen LogP contribution >= 0.6 is 0 Å². The zero-order valence-electron chi connectivity index (χ0n) is 10.9. The number of hydrogen-bond acceptors (Lipinski definition) is 4. The summed E-state index contributed by atoms with van der Waals surface area (Å²) in [6, 6.07) is 9.82. The van der Waals surface area contributed by atoms with Crippen molar-refractivity contribution in [2.75, 3.05) is 5.73 Å². The van der Waals surface area contributed by atoms with Gasteiger partial charge in [0.05, 0.1) is 15.9 Å². The quantitative estimate of drug-likeness (QED) is 0.574. The van der Waals surface area contributed by atoms with Gasteiger partial charge in [-0.15, -0.1) is 0 Å². The minimum Gasteiger partial charge on any atom is -0.399 e. The minimum atomic E-state index is -3.58. The van der Waals surface area contributed by atoms with E-state index in [-0.39, 0.29) is 10.6 Å². The number of nitrogens with one attached hydrogen (secondary N) is 1. The number of nitrogen functional groups attached to an aromatic ring is 1. The summed E-state index contributed by atoms with van der Waals surface area (Å²) >= 11 is 0. The van der Waals surface area contributed by atoms with Gasteiger partial charge in [-0.2, -0.15) is 0 Å². The molecule has 0 aliphatic carbocycles. The molecule has 0 aliphatic rings. The van der Waals surface area contributed by atoms with Gasteiger partial charge in [-0.3, -0.25) is 0 Å². The summed E-state index contributed by atoms with van der Waals surface area (Å²) in [6.07, 6.45) is 0. The van der Waals surface area contributed by atoms with Gasteiger partial charge in [-0.05, 0) is 42.5 Å². The fourth-order valence-electron chi connectivity index (χ4n) is 2.05. The Morgan fingerprint density at radius 2 is 1.86 bits per heavy atom. The Morgan fingerprint density at radius 1 is 1.14 bits per heavy atom. The summed E-state index contributed by atoms with van der Waals surface area (Å²) in [5.74, 6) is -0.444. The molecule has 3 N–H and O–H groups in total. The monoisotopic (exact) mass is 305 g/mol. The lowest BCUT2D eigenvalue weighted by atomic mass is 10.3. The second-order valence-electron chi connectivity index (χ2n) is 4.67. The number of halogens is 1. The van der Waals surface area contributed by atoms with E-state index in [0.29, 0.717) is 22.5 Å². The van der Waals surface area contributed by atoms with Crippen molar-refractivity contribution in [2.45, 2.75) is 10.6 Å². The smallest absolute Gasteiger partial charge is 0.185 e. The molecule has 21 heavy (non-hydrogen) atoms. The molecule has 0 unspecified atom stereocenters. The van der Waals surface area contributed by atoms with E-state index in [0.717, 1.165) is 12.1 Å². The highest BCUT2D eigenvalue weighted by molar-refractivity contribution is 7.90. The fraction of sp³-hybridized carbons (Fsp3) is 0.0714. The Kier molecular flexibility index (Phi) is 3.13. The molecule has 1 heterocycles. The molecule has 0 fully saturated rings. The number of hydrogen-bond donors (Lipinski definition) is 2. The molecule has 108 valence electrons. The van der Waals surface area contributed by atoms with Gasteiger partial charge in [0.15, 0.2) is 9.84 Å². The van der Waals surface area contributed by atoms with Crippen LogP contribution in [0.15, 0.2) is 47.4 Å². The number of rotatable bonds is 3. The van der Waals surface area contributed by atoms with Gasteiger partial charge in [0.1, 0.15) is 17.4 Å². The lowest BCUT2D eigenvalue weighted by molar-refractivity contribution is 0.593. The lowest BCUT2D eigenvalue weighted by Gasteiger charge is -2.02. The molecule has 0 bridgehead atoms. The van der Waals surface area contributed by atoms with Gasteiger partial charge in [-0.25, -0.2) is 17.8 Å². The molecule has 2 aromatic carbocycles. The molecule has 7 heteroatoms. The number of fused-ring (bicyclic) bond motifs is 1. The number of aromatic nitrogens is 2. The Hall–Kier alpha value is -2.41. The van der Waals surface area contributed by atoms with Gasteiger partial charge >= 0.3 is 0 Å². The second kappa shape index (κ2) is 4.85. The molecule has 0 atom stereocenters. The summed E-state index contributed by atoms with van der Waals surface area (Å²) in [5, 5.41) is 0. The molecule has 0 saturated carbocycles. The average Bonchev–Trinajstić information content (AvgIpc) is 2.79. The molecule has 3 rings (SSSR count). The van der Waals surface area contributed by atoms with Crippen LogP contribution in [0, 0.1) is 5.82 Å². The number of nitrogens with two attached hydrogens (primary N) is 1. The number of nitrogens with zero attached hydrogens (tertiary/aromatic N) is 1. The van der Waals surface area contributed by atoms with Crippen molar-refractivity contribution >= 4 is 26.6 Å². The van der Waals surface area contributed by atoms with Crippen LogP contribution < -0.4 is 5.73 Å². The third kappa shape index (κ3) is 2.73. The Labute approximate surface area is 120 Å². The number of sulfone groups is 1. The molecular formula is C14H12FN3O2S. The first-order valence-corrected chi connectivity index (χ1v) is 7.82. The SMILES string of the molecule is Nc1ccc2nc(CS(=O)(=O)c3ccc(F)cc3)[nH]c2c1. The van der Waals surface area contributed by atoms with Crippen molar-refractivity contribution < 1.29 is 12.8 Å². The van der Waals surface area contributed by atoms with Gasteiger partial charge in [-0.1, -0.05) is 0 Å². The Balaban J connectivity index is 1.95. The second-order valence-corrected chi connectivity index (χ2v) is 6.66. The standard InChI is InChI=1S/C14H12FN3O2S/c15-9-1-4-11(5-2-9)21(19,20)8-14-17-12-6-3-10(16)7-13(12)18-14/h1-7H,8,16H2,(H,17,18). The number of H-pyrrole nitrogens is 1. The topological polar surface area (TPSA) is 88.8 Å². The van der Waals surface area contributed by atoms with E-state index in [1.807, 2.05) is 0 Å². The van der Waals surface area contributed by atoms with Crippen molar-refractivity contribution in [3.05, 3.63) is 54.1 Å². The largest absolute Gasteiger partial charge is 0.399 e. The number of aromatic amines is 1. The van der Waals surface area contributed by atoms with E-state index in [2.05, 4.69) is 9.97 Å². The van der Waals surface area contributed by atoms with Crippen molar-refractivity contribution in [3.63, 3.8) is 0 Å². The maximum atomic E-state index is 12.9. The average molecular weight is 305 g/mol. The van der Waals surface area contributed by atoms with Gasteiger partial charge < -0.3 is 10.7 Å². The van der Waals surface area contributed by atoms with Crippen molar-refractivity contribution in [2.24, 2.45) is 0 Å². The van der Waals surface area contributed by atoms with Crippen LogP contribution in [0.2, 0.25) is 0 Å². The fourth-order valence-corrected chi connectivity index (χ4v) is 3.27. The van der Waals surface area contributed by atoms with Crippen molar-refractivity contribution in [1.82, 2.24) is 9.97 Å². The van der Waals surface area contributed by atoms with Crippen LogP contribution in [-0.4, -0.2) is 18.4 Å². The molecule has 0 amide bonds. The summed E-state index contributed by atoms with van der Waals surface area (Å²) < 4.78 is 37.4. The predicted molar refractivity (Wildman–Crippen MR) is 77.8 cm³/mol. The zero-order chi connectivity index (χ0) is 15.0. The molecular weight excluding hydrogens is 293 g/mol. The molecule has 0 aliphatic heterocycles. The normalized spacial score (nSPS) is 11.9. The maximum absolute atomic E-state index is 12.9. The summed E-state index contributed by atoms with van der Waals surface area (Å²) in [7, 11) is -3.58. The first-order valence-electron chi connectivity index (χ1n) is 6.16. The molecule has 5 nitrogen and oxygen atoms in total. The Bertz CT molecular complexity index is 902. The van der Waals surface area contributed by atoms with Crippen LogP contribution in [0.1, 0.15) is 5.82 Å². The first kappa shape index (κ1) is 13.6. The third-order valence-corrected chi connectivity index (χ3v) is 4.70. The van der Waals surface area contributed by atoms with Crippen molar-refractivity contribution in [1.29, 1.82) is 0 Å². The molecule has 3 aromatic rings. The number of imidazole rings is 1. The van der Waals surface area contributed by atoms with Crippen LogP contribution in [0.4, 0.5) is 10.1 Å². The molecule has 0 saturated heterocycles. The molecule has 0 spiro atoms. The summed E-state index contributed by atoms with van der Waals surface area (Å²) in [5.41, 5.74) is 7.56.